The molecule has 3 rings (SSSR count). The molecule has 106 valence electrons. The Labute approximate surface area is 132 Å². The summed E-state index contributed by atoms with van der Waals surface area (Å²) in [6.45, 7) is 1.94. The van der Waals surface area contributed by atoms with Crippen molar-refractivity contribution in [1.29, 1.82) is 0 Å². The van der Waals surface area contributed by atoms with Gasteiger partial charge in [0, 0.05) is 22.0 Å². The lowest BCUT2D eigenvalue weighted by Crippen LogP contribution is -1.93. The van der Waals surface area contributed by atoms with Crippen molar-refractivity contribution in [2.45, 2.75) is 6.92 Å². The number of aryl methyl sites for hydroxylation is 1. The highest BCUT2D eigenvalue weighted by Gasteiger charge is 2.10. The van der Waals surface area contributed by atoms with Gasteiger partial charge in [-0.3, -0.25) is 0 Å². The number of methoxy groups -OCH3 is 1. The van der Waals surface area contributed by atoms with Crippen molar-refractivity contribution in [3.8, 4) is 17.1 Å². The lowest BCUT2D eigenvalue weighted by atomic mass is 10.1. The van der Waals surface area contributed by atoms with E-state index in [1.807, 2.05) is 43.3 Å². The molecule has 3 nitrogen and oxygen atoms in total. The van der Waals surface area contributed by atoms with E-state index in [0.717, 1.165) is 27.8 Å². The Kier molecular flexibility index (Phi) is 3.70. The molecule has 0 spiro atoms. The number of hydrogen-bond acceptors (Lipinski definition) is 3. The molecular formula is C16H12Cl2N2O. The summed E-state index contributed by atoms with van der Waals surface area (Å²) in [5, 5.41) is 1.93. The maximum atomic E-state index is 6.26. The van der Waals surface area contributed by atoms with Crippen molar-refractivity contribution in [3.05, 3.63) is 52.1 Å². The van der Waals surface area contributed by atoms with Gasteiger partial charge in [-0.1, -0.05) is 23.2 Å². The number of fused-ring (bicyclic) bond motifs is 1. The van der Waals surface area contributed by atoms with E-state index in [-0.39, 0.29) is 0 Å². The largest absolute Gasteiger partial charge is 0.497 e. The average Bonchev–Trinajstić information content (AvgIpc) is 2.49. The molecule has 2 aromatic carbocycles. The molecule has 1 aromatic heterocycles. The number of ether oxygens (including phenoxy) is 1. The first-order valence-electron chi connectivity index (χ1n) is 6.36. The van der Waals surface area contributed by atoms with Gasteiger partial charge < -0.3 is 4.74 Å². The van der Waals surface area contributed by atoms with Crippen LogP contribution in [0.4, 0.5) is 0 Å². The van der Waals surface area contributed by atoms with Crippen LogP contribution < -0.4 is 4.74 Å². The second-order valence-corrected chi connectivity index (χ2v) is 5.45. The molecule has 21 heavy (non-hydrogen) atoms. The van der Waals surface area contributed by atoms with Gasteiger partial charge in [-0.15, -0.1) is 0 Å². The summed E-state index contributed by atoms with van der Waals surface area (Å²) in [5.41, 5.74) is 2.60. The van der Waals surface area contributed by atoms with Crippen molar-refractivity contribution in [1.82, 2.24) is 9.97 Å². The fourth-order valence-electron chi connectivity index (χ4n) is 2.11. The van der Waals surface area contributed by atoms with Crippen LogP contribution in [-0.4, -0.2) is 17.1 Å². The van der Waals surface area contributed by atoms with E-state index in [0.29, 0.717) is 16.0 Å². The van der Waals surface area contributed by atoms with Crippen LogP contribution >= 0.6 is 23.2 Å². The second kappa shape index (κ2) is 5.51. The maximum Gasteiger partial charge on any atom is 0.161 e. The van der Waals surface area contributed by atoms with Gasteiger partial charge in [0.2, 0.25) is 0 Å². The van der Waals surface area contributed by atoms with Gasteiger partial charge in [0.05, 0.1) is 12.6 Å². The number of aromatic nitrogens is 2. The quantitative estimate of drug-likeness (QED) is 0.629. The number of hydrogen-bond donors (Lipinski definition) is 0. The lowest BCUT2D eigenvalue weighted by Gasteiger charge is -2.07. The molecule has 0 amide bonds. The normalized spacial score (nSPS) is 10.9. The number of nitrogens with zero attached hydrogens (tertiary/aromatic N) is 2. The summed E-state index contributed by atoms with van der Waals surface area (Å²) in [6, 6.07) is 11.2. The first-order valence-corrected chi connectivity index (χ1v) is 7.12. The first kappa shape index (κ1) is 14.1. The molecular weight excluding hydrogens is 307 g/mol. The molecule has 0 radical (unpaired) electrons. The highest BCUT2D eigenvalue weighted by molar-refractivity contribution is 6.34. The van der Waals surface area contributed by atoms with Gasteiger partial charge in [-0.05, 0) is 42.8 Å². The predicted molar refractivity (Wildman–Crippen MR) is 86.3 cm³/mol. The third-order valence-corrected chi connectivity index (χ3v) is 3.99. The minimum atomic E-state index is 0.422. The van der Waals surface area contributed by atoms with Crippen molar-refractivity contribution in [3.63, 3.8) is 0 Å². The molecule has 0 unspecified atom stereocenters. The van der Waals surface area contributed by atoms with Gasteiger partial charge in [-0.25, -0.2) is 9.97 Å². The van der Waals surface area contributed by atoms with Crippen LogP contribution in [0.15, 0.2) is 36.4 Å². The molecule has 0 saturated carbocycles. The Balaban J connectivity index is 2.20. The first-order chi connectivity index (χ1) is 10.1. The molecule has 0 aliphatic rings. The molecule has 1 heterocycles. The van der Waals surface area contributed by atoms with E-state index in [9.17, 15) is 0 Å². The van der Waals surface area contributed by atoms with Crippen LogP contribution in [-0.2, 0) is 0 Å². The molecule has 0 fully saturated rings. The Morgan fingerprint density at radius 2 is 1.81 bits per heavy atom. The number of rotatable bonds is 2. The number of halogens is 2. The van der Waals surface area contributed by atoms with Crippen LogP contribution in [0.25, 0.3) is 22.3 Å². The third-order valence-electron chi connectivity index (χ3n) is 3.27. The summed E-state index contributed by atoms with van der Waals surface area (Å²) in [5.74, 6) is 1.30. The van der Waals surface area contributed by atoms with Crippen LogP contribution in [0.1, 0.15) is 5.56 Å². The van der Waals surface area contributed by atoms with E-state index in [1.165, 1.54) is 0 Å². The average molecular weight is 319 g/mol. The molecule has 0 aliphatic heterocycles. The number of benzene rings is 2. The zero-order valence-corrected chi connectivity index (χ0v) is 13.0. The fraction of sp³-hybridized carbons (Fsp3) is 0.125. The highest BCUT2D eigenvalue weighted by Crippen LogP contribution is 2.29. The smallest absolute Gasteiger partial charge is 0.161 e. The Hall–Kier alpha value is -1.84. The standard InChI is InChI=1S/C16H12Cl2N2O/c1-9-7-10(3-6-13(9)17)16-19-14-8-11(21-2)4-5-12(14)15(18)20-16/h3-8H,1-2H3. The van der Waals surface area contributed by atoms with Crippen molar-refractivity contribution in [2.24, 2.45) is 0 Å². The van der Waals surface area contributed by atoms with Gasteiger partial charge in [0.1, 0.15) is 10.9 Å². The van der Waals surface area contributed by atoms with Crippen LogP contribution in [0.3, 0.4) is 0 Å². The van der Waals surface area contributed by atoms with Gasteiger partial charge >= 0.3 is 0 Å². The zero-order chi connectivity index (χ0) is 15.0. The summed E-state index contributed by atoms with van der Waals surface area (Å²) < 4.78 is 5.22. The molecule has 0 bridgehead atoms. The summed E-state index contributed by atoms with van der Waals surface area (Å²) >= 11 is 12.3. The molecule has 5 heteroatoms. The molecule has 0 aliphatic carbocycles. The van der Waals surface area contributed by atoms with E-state index in [4.69, 9.17) is 27.9 Å². The van der Waals surface area contributed by atoms with Gasteiger partial charge in [-0.2, -0.15) is 0 Å². The zero-order valence-electron chi connectivity index (χ0n) is 11.5. The Morgan fingerprint density at radius 3 is 2.52 bits per heavy atom. The summed E-state index contributed by atoms with van der Waals surface area (Å²) in [7, 11) is 1.62. The Morgan fingerprint density at radius 1 is 1.00 bits per heavy atom. The second-order valence-electron chi connectivity index (χ2n) is 4.69. The minimum absolute atomic E-state index is 0.422. The minimum Gasteiger partial charge on any atom is -0.497 e. The third kappa shape index (κ3) is 2.67. The van der Waals surface area contributed by atoms with Crippen LogP contribution in [0, 0.1) is 6.92 Å². The van der Waals surface area contributed by atoms with Crippen molar-refractivity contribution in [2.75, 3.05) is 7.11 Å². The van der Waals surface area contributed by atoms with Crippen molar-refractivity contribution < 1.29 is 4.74 Å². The summed E-state index contributed by atoms with van der Waals surface area (Å²) in [4.78, 5) is 8.94. The lowest BCUT2D eigenvalue weighted by molar-refractivity contribution is 0.415. The van der Waals surface area contributed by atoms with E-state index in [2.05, 4.69) is 9.97 Å². The molecule has 3 aromatic rings. The fourth-order valence-corrected chi connectivity index (χ4v) is 2.47. The van der Waals surface area contributed by atoms with E-state index in [1.54, 1.807) is 7.11 Å². The van der Waals surface area contributed by atoms with Gasteiger partial charge in [0.15, 0.2) is 5.82 Å². The predicted octanol–water partition coefficient (Wildman–Crippen LogP) is 4.92. The van der Waals surface area contributed by atoms with Crippen LogP contribution in [0.2, 0.25) is 10.2 Å². The monoisotopic (exact) mass is 318 g/mol. The van der Waals surface area contributed by atoms with E-state index < -0.39 is 0 Å². The van der Waals surface area contributed by atoms with Crippen LogP contribution in [0.5, 0.6) is 5.75 Å². The summed E-state index contributed by atoms with van der Waals surface area (Å²) in [6.07, 6.45) is 0. The highest BCUT2D eigenvalue weighted by atomic mass is 35.5. The van der Waals surface area contributed by atoms with Gasteiger partial charge in [0.25, 0.3) is 0 Å². The molecule has 0 atom stereocenters. The maximum absolute atomic E-state index is 6.26. The Bertz CT molecular complexity index is 834. The molecule has 0 saturated heterocycles. The van der Waals surface area contributed by atoms with Crippen molar-refractivity contribution >= 4 is 34.1 Å². The SMILES string of the molecule is COc1ccc2c(Cl)nc(-c3ccc(Cl)c(C)c3)nc2c1. The van der Waals surface area contributed by atoms with E-state index >= 15 is 0 Å². The topological polar surface area (TPSA) is 35.0 Å². The molecule has 0 N–H and O–H groups in total.